The van der Waals surface area contributed by atoms with Gasteiger partial charge in [0.05, 0.1) is 18.6 Å². The number of halogens is 3. The van der Waals surface area contributed by atoms with Gasteiger partial charge in [-0.15, -0.1) is 0 Å². The van der Waals surface area contributed by atoms with Crippen LogP contribution in [-0.4, -0.2) is 50.9 Å². The molecule has 0 saturated heterocycles. The lowest BCUT2D eigenvalue weighted by molar-refractivity contribution is -0.137. The van der Waals surface area contributed by atoms with Gasteiger partial charge in [-0.25, -0.2) is 0 Å². The van der Waals surface area contributed by atoms with Crippen molar-refractivity contribution in [3.05, 3.63) is 59.2 Å². The quantitative estimate of drug-likeness (QED) is 0.606. The number of Topliss-reactive ketones (excluding diaryl/α,β-unsaturated/α-hetero) is 1. The molecule has 1 aliphatic heterocycles. The first-order valence-corrected chi connectivity index (χ1v) is 10.8. The Bertz CT molecular complexity index is 1000. The smallest absolute Gasteiger partial charge is 0.416 e. The largest absolute Gasteiger partial charge is 0.497 e. The third kappa shape index (κ3) is 5.74. The molecule has 2 atom stereocenters. The second-order valence-corrected chi connectivity index (χ2v) is 8.73. The molecule has 5 nitrogen and oxygen atoms in total. The average molecular weight is 463 g/mol. The summed E-state index contributed by atoms with van der Waals surface area (Å²) in [5.41, 5.74) is 0.955. The van der Waals surface area contributed by atoms with Gasteiger partial charge in [0.1, 0.15) is 11.5 Å². The Labute approximate surface area is 192 Å². The molecule has 1 amide bonds. The fraction of sp³-hybridized carbons (Fsp3) is 0.440. The van der Waals surface area contributed by atoms with Gasteiger partial charge in [0.15, 0.2) is 0 Å². The third-order valence-corrected chi connectivity index (χ3v) is 6.03. The maximum atomic E-state index is 13.8. The third-order valence-electron chi connectivity index (χ3n) is 6.03. The molecule has 2 unspecified atom stereocenters. The normalized spacial score (nSPS) is 18.8. The number of ether oxygens (including phenoxy) is 1. The lowest BCUT2D eigenvalue weighted by Gasteiger charge is -2.29. The van der Waals surface area contributed by atoms with Crippen LogP contribution >= 0.6 is 0 Å². The van der Waals surface area contributed by atoms with Crippen LogP contribution in [0.25, 0.3) is 0 Å². The lowest BCUT2D eigenvalue weighted by atomic mass is 9.79. The molecule has 0 bridgehead atoms. The van der Waals surface area contributed by atoms with Crippen molar-refractivity contribution in [3.63, 3.8) is 0 Å². The minimum absolute atomic E-state index is 0.0219. The van der Waals surface area contributed by atoms with Crippen LogP contribution in [0.2, 0.25) is 0 Å². The summed E-state index contributed by atoms with van der Waals surface area (Å²) in [6.45, 7) is 2.28. The van der Waals surface area contributed by atoms with E-state index in [0.717, 1.165) is 17.7 Å². The maximum Gasteiger partial charge on any atom is 0.416 e. The van der Waals surface area contributed by atoms with Crippen LogP contribution in [-0.2, 0) is 22.2 Å². The van der Waals surface area contributed by atoms with Crippen molar-refractivity contribution in [1.29, 1.82) is 0 Å². The summed E-state index contributed by atoms with van der Waals surface area (Å²) >= 11 is 0. The number of carbonyl (C=O) groups excluding carboxylic acids is 2. The van der Waals surface area contributed by atoms with Gasteiger partial charge in [0, 0.05) is 31.1 Å². The molecule has 1 heterocycles. The number of alkyl halides is 3. The zero-order chi connectivity index (χ0) is 24.3. The van der Waals surface area contributed by atoms with Crippen LogP contribution < -0.4 is 9.64 Å². The van der Waals surface area contributed by atoms with Gasteiger partial charge in [-0.3, -0.25) is 4.79 Å². The van der Waals surface area contributed by atoms with Crippen molar-refractivity contribution in [1.82, 2.24) is 4.90 Å². The standard InChI is InChI=1S/C25H29F3N2O3/c1-16(31)13-22-21(17-5-8-20(33-4)9-6-17)15-18-14-19(25(26,27)28)7-10-23(18)30(24(22)32)12-11-29(2)3/h5-10,14,21-22H,11-13,15H2,1-4H3. The van der Waals surface area contributed by atoms with Crippen LogP contribution in [0.1, 0.15) is 36.0 Å². The topological polar surface area (TPSA) is 49.9 Å². The predicted molar refractivity (Wildman–Crippen MR) is 121 cm³/mol. The Morgan fingerprint density at radius 2 is 1.82 bits per heavy atom. The van der Waals surface area contributed by atoms with E-state index in [4.69, 9.17) is 4.74 Å². The second kappa shape index (κ2) is 9.95. The summed E-state index contributed by atoms with van der Waals surface area (Å²) in [5.74, 6) is -0.874. The van der Waals surface area contributed by atoms with Crippen molar-refractivity contribution < 1.29 is 27.5 Å². The van der Waals surface area contributed by atoms with Crippen LogP contribution in [0.15, 0.2) is 42.5 Å². The molecule has 0 radical (unpaired) electrons. The highest BCUT2D eigenvalue weighted by molar-refractivity contribution is 5.99. The molecule has 178 valence electrons. The molecule has 0 aromatic heterocycles. The lowest BCUT2D eigenvalue weighted by Crippen LogP contribution is -2.41. The predicted octanol–water partition coefficient (Wildman–Crippen LogP) is 4.54. The molecular weight excluding hydrogens is 433 g/mol. The van der Waals surface area contributed by atoms with Gasteiger partial charge in [-0.1, -0.05) is 12.1 Å². The van der Waals surface area contributed by atoms with Gasteiger partial charge >= 0.3 is 6.18 Å². The van der Waals surface area contributed by atoms with Crippen LogP contribution in [0.3, 0.4) is 0 Å². The number of amides is 1. The van der Waals surface area contributed by atoms with Crippen LogP contribution in [0.5, 0.6) is 5.75 Å². The number of anilines is 1. The number of hydrogen-bond donors (Lipinski definition) is 0. The summed E-state index contributed by atoms with van der Waals surface area (Å²) in [6, 6.07) is 10.7. The number of nitrogens with zero attached hydrogens (tertiary/aromatic N) is 2. The van der Waals surface area contributed by atoms with Gasteiger partial charge < -0.3 is 19.3 Å². The summed E-state index contributed by atoms with van der Waals surface area (Å²) in [4.78, 5) is 29.3. The molecule has 0 fully saturated rings. The highest BCUT2D eigenvalue weighted by Crippen LogP contribution is 2.42. The maximum absolute atomic E-state index is 13.8. The molecule has 1 aliphatic rings. The fourth-order valence-corrected chi connectivity index (χ4v) is 4.33. The number of benzene rings is 2. The number of hydrogen-bond acceptors (Lipinski definition) is 4. The minimum atomic E-state index is -4.49. The Balaban J connectivity index is 2.15. The van der Waals surface area contributed by atoms with E-state index >= 15 is 0 Å². The number of likely N-dealkylation sites (N-methyl/N-ethyl adjacent to an activating group) is 1. The molecule has 0 N–H and O–H groups in total. The van der Waals surface area contributed by atoms with E-state index in [-0.39, 0.29) is 24.5 Å². The van der Waals surface area contributed by atoms with E-state index in [1.54, 1.807) is 24.1 Å². The first-order chi connectivity index (χ1) is 15.5. The second-order valence-electron chi connectivity index (χ2n) is 8.73. The number of methoxy groups -OCH3 is 1. The summed E-state index contributed by atoms with van der Waals surface area (Å²) in [5, 5.41) is 0. The van der Waals surface area contributed by atoms with Crippen LogP contribution in [0, 0.1) is 5.92 Å². The molecule has 33 heavy (non-hydrogen) atoms. The minimum Gasteiger partial charge on any atom is -0.497 e. The van der Waals surface area contributed by atoms with E-state index in [9.17, 15) is 22.8 Å². The Kier molecular flexibility index (Phi) is 7.47. The van der Waals surface area contributed by atoms with Crippen molar-refractivity contribution in [3.8, 4) is 5.75 Å². The Hall–Kier alpha value is -2.87. The first-order valence-electron chi connectivity index (χ1n) is 10.8. The van der Waals surface area contributed by atoms with E-state index in [1.165, 1.54) is 13.0 Å². The highest BCUT2D eigenvalue weighted by atomic mass is 19.4. The fourth-order valence-electron chi connectivity index (χ4n) is 4.33. The number of fused-ring (bicyclic) bond motifs is 1. The van der Waals surface area contributed by atoms with Crippen molar-refractivity contribution in [2.45, 2.75) is 31.9 Å². The monoisotopic (exact) mass is 462 g/mol. The average Bonchev–Trinajstić information content (AvgIpc) is 2.86. The Morgan fingerprint density at radius 3 is 2.36 bits per heavy atom. The molecule has 3 rings (SSSR count). The van der Waals surface area contributed by atoms with Gasteiger partial charge in [-0.05, 0) is 68.9 Å². The van der Waals surface area contributed by atoms with Crippen molar-refractivity contribution >= 4 is 17.4 Å². The zero-order valence-electron chi connectivity index (χ0n) is 19.3. The summed E-state index contributed by atoms with van der Waals surface area (Å²) in [6.07, 6.45) is -4.25. The molecule has 2 aromatic carbocycles. The van der Waals surface area contributed by atoms with Crippen molar-refractivity contribution in [2.24, 2.45) is 5.92 Å². The SMILES string of the molecule is COc1ccc(C2Cc3cc(C(F)(F)F)ccc3N(CCN(C)C)C(=O)C2CC(C)=O)cc1. The molecule has 8 heteroatoms. The van der Waals surface area contributed by atoms with Gasteiger partial charge in [-0.2, -0.15) is 13.2 Å². The highest BCUT2D eigenvalue weighted by Gasteiger charge is 2.40. The summed E-state index contributed by atoms with van der Waals surface area (Å²) < 4.78 is 45.7. The van der Waals surface area contributed by atoms with E-state index in [0.29, 0.717) is 30.1 Å². The molecular formula is C25H29F3N2O3. The molecule has 2 aromatic rings. The molecule has 0 spiro atoms. The van der Waals surface area contributed by atoms with E-state index in [2.05, 4.69) is 0 Å². The van der Waals surface area contributed by atoms with Crippen LogP contribution in [0.4, 0.5) is 18.9 Å². The number of carbonyl (C=O) groups is 2. The zero-order valence-corrected chi connectivity index (χ0v) is 19.3. The molecule has 0 aliphatic carbocycles. The van der Waals surface area contributed by atoms with E-state index in [1.807, 2.05) is 31.1 Å². The Morgan fingerprint density at radius 1 is 1.15 bits per heavy atom. The van der Waals surface area contributed by atoms with Gasteiger partial charge in [0.2, 0.25) is 5.91 Å². The van der Waals surface area contributed by atoms with Gasteiger partial charge in [0.25, 0.3) is 0 Å². The first kappa shape index (κ1) is 24.8. The van der Waals surface area contributed by atoms with Crippen molar-refractivity contribution in [2.75, 3.05) is 39.2 Å². The number of rotatable bonds is 7. The molecule has 0 saturated carbocycles. The number of ketones is 1. The van der Waals surface area contributed by atoms with E-state index < -0.39 is 23.6 Å². The summed E-state index contributed by atoms with van der Waals surface area (Å²) in [7, 11) is 5.27.